The van der Waals surface area contributed by atoms with Crippen LogP contribution >= 0.6 is 0 Å². The van der Waals surface area contributed by atoms with Gasteiger partial charge in [-0.15, -0.1) is 6.58 Å². The van der Waals surface area contributed by atoms with Crippen molar-refractivity contribution in [3.8, 4) is 5.75 Å². The number of nitrogens with one attached hydrogen (secondary N) is 1. The molecule has 1 aromatic rings. The number of carbonyl (C=O) groups excluding carboxylic acids is 1. The van der Waals surface area contributed by atoms with Crippen LogP contribution in [0.4, 0.5) is 13.6 Å². The Bertz CT molecular complexity index is 520. The van der Waals surface area contributed by atoms with Crippen LogP contribution in [0.25, 0.3) is 0 Å². The molecule has 2 rings (SSSR count). The molecule has 0 saturated heterocycles. The van der Waals surface area contributed by atoms with Crippen LogP contribution in [0.15, 0.2) is 24.8 Å². The third-order valence-corrected chi connectivity index (χ3v) is 2.86. The second-order valence-corrected chi connectivity index (χ2v) is 4.28. The van der Waals surface area contributed by atoms with E-state index in [2.05, 4.69) is 11.9 Å². The number of ether oxygens (including phenoxy) is 1. The Morgan fingerprint density at radius 1 is 1.63 bits per heavy atom. The number of halogens is 2. The number of benzene rings is 1. The third-order valence-electron chi connectivity index (χ3n) is 2.86. The van der Waals surface area contributed by atoms with E-state index in [-0.39, 0.29) is 24.0 Å². The predicted octanol–water partition coefficient (Wildman–Crippen LogP) is 2.23. The van der Waals surface area contributed by atoms with E-state index in [1.165, 1.54) is 4.90 Å². The van der Waals surface area contributed by atoms with Gasteiger partial charge in [-0.25, -0.2) is 13.6 Å². The molecule has 0 spiro atoms. The molecule has 2 amide bonds. The van der Waals surface area contributed by atoms with Gasteiger partial charge in [0, 0.05) is 25.7 Å². The summed E-state index contributed by atoms with van der Waals surface area (Å²) in [6, 6.07) is 0.901. The Morgan fingerprint density at radius 2 is 2.37 bits per heavy atom. The maximum atomic E-state index is 13.7. The first kappa shape index (κ1) is 13.3. The van der Waals surface area contributed by atoms with Crippen LogP contribution in [0.5, 0.6) is 5.75 Å². The summed E-state index contributed by atoms with van der Waals surface area (Å²) in [4.78, 5) is 13.2. The van der Waals surface area contributed by atoms with Gasteiger partial charge in [-0.2, -0.15) is 0 Å². The Hall–Kier alpha value is -2.11. The zero-order chi connectivity index (χ0) is 14.0. The van der Waals surface area contributed by atoms with E-state index in [0.717, 1.165) is 12.1 Å². The lowest BCUT2D eigenvalue weighted by atomic mass is 10.1. The molecule has 1 unspecified atom stereocenters. The highest BCUT2D eigenvalue weighted by molar-refractivity contribution is 5.75. The summed E-state index contributed by atoms with van der Waals surface area (Å²) < 4.78 is 31.9. The summed E-state index contributed by atoms with van der Waals surface area (Å²) in [6.45, 7) is 3.99. The fraction of sp³-hybridized carbons (Fsp3) is 0.308. The van der Waals surface area contributed by atoms with Gasteiger partial charge in [0.05, 0.1) is 11.6 Å². The highest BCUT2D eigenvalue weighted by Crippen LogP contribution is 2.35. The van der Waals surface area contributed by atoms with E-state index < -0.39 is 17.7 Å². The number of hydrogen-bond acceptors (Lipinski definition) is 2. The summed E-state index contributed by atoms with van der Waals surface area (Å²) in [5.41, 5.74) is 0.182. The largest absolute Gasteiger partial charge is 0.490 e. The molecule has 1 aromatic carbocycles. The summed E-state index contributed by atoms with van der Waals surface area (Å²) in [7, 11) is 1.59. The van der Waals surface area contributed by atoms with Gasteiger partial charge in [-0.1, -0.05) is 6.08 Å². The lowest BCUT2D eigenvalue weighted by Gasteiger charge is -2.19. The van der Waals surface area contributed by atoms with Crippen LogP contribution in [0.3, 0.4) is 0 Å². The normalized spacial score (nSPS) is 16.5. The maximum absolute atomic E-state index is 13.7. The summed E-state index contributed by atoms with van der Waals surface area (Å²) in [5.74, 6) is -1.29. The van der Waals surface area contributed by atoms with Gasteiger partial charge in [0.2, 0.25) is 0 Å². The molecule has 1 N–H and O–H groups in total. The second kappa shape index (κ2) is 5.26. The van der Waals surface area contributed by atoms with Crippen molar-refractivity contribution in [2.75, 3.05) is 20.2 Å². The number of nitrogens with zero attached hydrogens (tertiary/aromatic N) is 1. The topological polar surface area (TPSA) is 41.6 Å². The Kier molecular flexibility index (Phi) is 3.69. The summed E-state index contributed by atoms with van der Waals surface area (Å²) in [6.07, 6.45) is 1.58. The molecule has 0 saturated carbocycles. The van der Waals surface area contributed by atoms with E-state index in [9.17, 15) is 13.6 Å². The summed E-state index contributed by atoms with van der Waals surface area (Å²) in [5, 5.41) is 2.63. The molecule has 1 atom stereocenters. The molecule has 6 heteroatoms. The van der Waals surface area contributed by atoms with Gasteiger partial charge in [0.15, 0.2) is 0 Å². The van der Waals surface area contributed by atoms with Crippen LogP contribution in [-0.4, -0.2) is 31.1 Å². The average molecular weight is 268 g/mol. The number of rotatable bonds is 3. The molecule has 4 nitrogen and oxygen atoms in total. The number of hydrogen-bond donors (Lipinski definition) is 1. The number of amides is 2. The number of carbonyl (C=O) groups is 1. The minimum absolute atomic E-state index is 0.0867. The average Bonchev–Trinajstić information content (AvgIpc) is 2.72. The third kappa shape index (κ3) is 2.67. The molecule has 102 valence electrons. The van der Waals surface area contributed by atoms with Crippen molar-refractivity contribution in [2.24, 2.45) is 0 Å². The predicted molar refractivity (Wildman–Crippen MR) is 66.0 cm³/mol. The zero-order valence-corrected chi connectivity index (χ0v) is 10.5. The lowest BCUT2D eigenvalue weighted by molar-refractivity contribution is 0.204. The van der Waals surface area contributed by atoms with Crippen LogP contribution < -0.4 is 10.1 Å². The van der Waals surface area contributed by atoms with Gasteiger partial charge in [0.1, 0.15) is 24.0 Å². The van der Waals surface area contributed by atoms with Crippen molar-refractivity contribution in [2.45, 2.75) is 6.04 Å². The van der Waals surface area contributed by atoms with Crippen molar-refractivity contribution in [3.63, 3.8) is 0 Å². The molecule has 1 aliphatic rings. The standard InChI is InChI=1S/C13H14F2N2O2/c1-3-4-17(2)13(18)16-10-7-19-11-6-8(14)5-9(15)12(10)11/h3,5-6,10H,1,4,7H2,2H3,(H,16,18). The van der Waals surface area contributed by atoms with E-state index in [1.807, 2.05) is 0 Å². The van der Waals surface area contributed by atoms with Gasteiger partial charge in [0.25, 0.3) is 0 Å². The fourth-order valence-corrected chi connectivity index (χ4v) is 1.92. The highest BCUT2D eigenvalue weighted by atomic mass is 19.1. The van der Waals surface area contributed by atoms with Gasteiger partial charge in [-0.3, -0.25) is 0 Å². The van der Waals surface area contributed by atoms with Gasteiger partial charge in [-0.05, 0) is 0 Å². The first-order chi connectivity index (χ1) is 9.02. The van der Waals surface area contributed by atoms with Crippen molar-refractivity contribution in [1.82, 2.24) is 10.2 Å². The number of fused-ring (bicyclic) bond motifs is 1. The maximum Gasteiger partial charge on any atom is 0.318 e. The van der Waals surface area contributed by atoms with Gasteiger partial charge < -0.3 is 15.0 Å². The molecule has 19 heavy (non-hydrogen) atoms. The monoisotopic (exact) mass is 268 g/mol. The molecule has 1 aliphatic heterocycles. The van der Waals surface area contributed by atoms with E-state index in [4.69, 9.17) is 4.74 Å². The number of urea groups is 1. The van der Waals surface area contributed by atoms with Crippen molar-refractivity contribution < 1.29 is 18.3 Å². The second-order valence-electron chi connectivity index (χ2n) is 4.28. The number of likely N-dealkylation sites (N-methyl/N-ethyl adjacent to an activating group) is 1. The van der Waals surface area contributed by atoms with E-state index in [0.29, 0.717) is 6.54 Å². The van der Waals surface area contributed by atoms with Crippen molar-refractivity contribution in [3.05, 3.63) is 42.0 Å². The quantitative estimate of drug-likeness (QED) is 0.854. The zero-order valence-electron chi connectivity index (χ0n) is 10.5. The Labute approximate surface area is 109 Å². The highest BCUT2D eigenvalue weighted by Gasteiger charge is 2.30. The minimum atomic E-state index is -0.718. The smallest absolute Gasteiger partial charge is 0.318 e. The van der Waals surface area contributed by atoms with Crippen LogP contribution in [0.2, 0.25) is 0 Å². The van der Waals surface area contributed by atoms with Gasteiger partial charge >= 0.3 is 6.03 Å². The van der Waals surface area contributed by atoms with Crippen LogP contribution in [0.1, 0.15) is 11.6 Å². The van der Waals surface area contributed by atoms with Crippen molar-refractivity contribution in [1.29, 1.82) is 0 Å². The molecule has 0 bridgehead atoms. The van der Waals surface area contributed by atoms with Crippen molar-refractivity contribution >= 4 is 6.03 Å². The van der Waals surface area contributed by atoms with Crippen LogP contribution in [-0.2, 0) is 0 Å². The Balaban J connectivity index is 2.15. The summed E-state index contributed by atoms with van der Waals surface area (Å²) >= 11 is 0. The first-order valence-corrected chi connectivity index (χ1v) is 5.77. The molecular formula is C13H14F2N2O2. The molecule has 0 radical (unpaired) electrons. The molecule has 1 heterocycles. The van der Waals surface area contributed by atoms with Crippen LogP contribution in [0, 0.1) is 11.6 Å². The molecule has 0 aromatic heterocycles. The van der Waals surface area contributed by atoms with E-state index in [1.54, 1.807) is 13.1 Å². The molecule has 0 aliphatic carbocycles. The fourth-order valence-electron chi connectivity index (χ4n) is 1.92. The minimum Gasteiger partial charge on any atom is -0.490 e. The first-order valence-electron chi connectivity index (χ1n) is 5.77. The SMILES string of the molecule is C=CCN(C)C(=O)NC1COc2cc(F)cc(F)c21. The Morgan fingerprint density at radius 3 is 3.05 bits per heavy atom. The lowest BCUT2D eigenvalue weighted by Crippen LogP contribution is -2.40. The van der Waals surface area contributed by atoms with E-state index >= 15 is 0 Å². The molecule has 0 fully saturated rings. The molecular weight excluding hydrogens is 254 g/mol.